The number of aryl methyl sites for hydroxylation is 2. The Labute approximate surface area is 122 Å². The van der Waals surface area contributed by atoms with Gasteiger partial charge in [-0.05, 0) is 13.8 Å². The number of methoxy groups -OCH3 is 1. The lowest BCUT2D eigenvalue weighted by atomic mass is 10.1. The molecule has 1 aliphatic heterocycles. The molecule has 0 radical (unpaired) electrons. The summed E-state index contributed by atoms with van der Waals surface area (Å²) in [6.07, 6.45) is 0.263. The molecule has 20 heavy (non-hydrogen) atoms. The maximum atomic E-state index is 12.1. The van der Waals surface area contributed by atoms with Gasteiger partial charge < -0.3 is 15.0 Å². The Morgan fingerprint density at radius 1 is 1.55 bits per heavy atom. The Morgan fingerprint density at radius 3 is 2.90 bits per heavy atom. The van der Waals surface area contributed by atoms with E-state index in [1.807, 2.05) is 13.8 Å². The van der Waals surface area contributed by atoms with Crippen LogP contribution in [0.25, 0.3) is 0 Å². The number of ether oxygens (including phenoxy) is 1. The Kier molecular flexibility index (Phi) is 4.72. The van der Waals surface area contributed by atoms with Crippen molar-refractivity contribution in [2.75, 3.05) is 32.1 Å². The molecule has 0 aromatic carbocycles. The van der Waals surface area contributed by atoms with Crippen LogP contribution in [0.4, 0.5) is 5.13 Å². The average Bonchev–Trinajstić information content (AvgIpc) is 2.91. The number of nitrogens with one attached hydrogen (secondary N) is 1. The molecular formula is C13H19N3O3S. The summed E-state index contributed by atoms with van der Waals surface area (Å²) in [4.78, 5) is 31.0. The molecule has 1 saturated heterocycles. The first-order valence-corrected chi connectivity index (χ1v) is 7.34. The minimum atomic E-state index is -0.302. The lowest BCUT2D eigenvalue weighted by Gasteiger charge is -2.15. The third-order valence-electron chi connectivity index (χ3n) is 3.41. The molecule has 1 atom stereocenters. The third kappa shape index (κ3) is 3.34. The van der Waals surface area contributed by atoms with Crippen LogP contribution in [0.3, 0.4) is 0 Å². The Hall–Kier alpha value is -1.47. The highest BCUT2D eigenvalue weighted by Crippen LogP contribution is 2.24. The molecule has 2 heterocycles. The fourth-order valence-corrected chi connectivity index (χ4v) is 2.92. The molecule has 0 bridgehead atoms. The maximum Gasteiger partial charge on any atom is 0.231 e. The van der Waals surface area contributed by atoms with Crippen molar-refractivity contribution < 1.29 is 14.3 Å². The van der Waals surface area contributed by atoms with Gasteiger partial charge in [0.1, 0.15) is 0 Å². The molecule has 0 unspecified atom stereocenters. The molecular weight excluding hydrogens is 278 g/mol. The highest BCUT2D eigenvalue weighted by molar-refractivity contribution is 7.15. The van der Waals surface area contributed by atoms with Crippen molar-refractivity contribution in [3.05, 3.63) is 10.6 Å². The zero-order chi connectivity index (χ0) is 14.7. The van der Waals surface area contributed by atoms with Crippen molar-refractivity contribution in [3.8, 4) is 0 Å². The second-order valence-electron chi connectivity index (χ2n) is 4.88. The quantitative estimate of drug-likeness (QED) is 0.886. The van der Waals surface area contributed by atoms with Crippen LogP contribution in [0.15, 0.2) is 0 Å². The summed E-state index contributed by atoms with van der Waals surface area (Å²) in [5.41, 5.74) is 0.925. The van der Waals surface area contributed by atoms with E-state index in [-0.39, 0.29) is 24.2 Å². The number of carbonyl (C=O) groups excluding carboxylic acids is 2. The van der Waals surface area contributed by atoms with Crippen molar-refractivity contribution in [1.29, 1.82) is 0 Å². The lowest BCUT2D eigenvalue weighted by molar-refractivity contribution is -0.128. The molecule has 2 rings (SSSR count). The van der Waals surface area contributed by atoms with E-state index in [0.29, 0.717) is 24.8 Å². The van der Waals surface area contributed by atoms with Crippen molar-refractivity contribution in [3.63, 3.8) is 0 Å². The van der Waals surface area contributed by atoms with Crippen LogP contribution in [0.1, 0.15) is 17.0 Å². The number of anilines is 1. The van der Waals surface area contributed by atoms with Crippen molar-refractivity contribution >= 4 is 28.3 Å². The predicted molar refractivity (Wildman–Crippen MR) is 76.8 cm³/mol. The van der Waals surface area contributed by atoms with Crippen LogP contribution in [0.5, 0.6) is 0 Å². The molecule has 1 N–H and O–H groups in total. The summed E-state index contributed by atoms with van der Waals surface area (Å²) in [5.74, 6) is -0.426. The SMILES string of the molecule is COCCN1C[C@H](C(=O)Nc2nc(C)c(C)s2)CC1=O. The Balaban J connectivity index is 1.92. The number of hydrogen-bond acceptors (Lipinski definition) is 5. The number of nitrogens with zero attached hydrogens (tertiary/aromatic N) is 2. The number of hydrogen-bond donors (Lipinski definition) is 1. The van der Waals surface area contributed by atoms with Gasteiger partial charge in [-0.2, -0.15) is 0 Å². The first-order chi connectivity index (χ1) is 9.51. The number of thiazole rings is 1. The summed E-state index contributed by atoms with van der Waals surface area (Å²) in [6.45, 7) is 5.36. The zero-order valence-corrected chi connectivity index (χ0v) is 12.7. The standard InChI is InChI=1S/C13H19N3O3S/c1-8-9(2)20-13(14-8)15-12(18)10-6-11(17)16(7-10)4-5-19-3/h10H,4-7H2,1-3H3,(H,14,15,18)/t10-/m1/s1. The maximum absolute atomic E-state index is 12.1. The molecule has 1 aliphatic rings. The largest absolute Gasteiger partial charge is 0.383 e. The second kappa shape index (κ2) is 6.32. The normalized spacial score (nSPS) is 18.6. The van der Waals surface area contributed by atoms with Crippen LogP contribution in [0.2, 0.25) is 0 Å². The molecule has 0 saturated carbocycles. The van der Waals surface area contributed by atoms with Gasteiger partial charge in [0.15, 0.2) is 5.13 Å². The third-order valence-corrected chi connectivity index (χ3v) is 4.40. The molecule has 1 aromatic rings. The van der Waals surface area contributed by atoms with E-state index in [1.54, 1.807) is 12.0 Å². The molecule has 1 fully saturated rings. The van der Waals surface area contributed by atoms with Gasteiger partial charge in [-0.3, -0.25) is 9.59 Å². The van der Waals surface area contributed by atoms with Gasteiger partial charge in [-0.25, -0.2) is 4.98 Å². The fourth-order valence-electron chi connectivity index (χ4n) is 2.10. The Bertz CT molecular complexity index is 495. The van der Waals surface area contributed by atoms with E-state index in [0.717, 1.165) is 10.6 Å². The monoisotopic (exact) mass is 297 g/mol. The Morgan fingerprint density at radius 2 is 2.30 bits per heavy atom. The molecule has 6 nitrogen and oxygen atoms in total. The van der Waals surface area contributed by atoms with Crippen LogP contribution in [-0.4, -0.2) is 48.5 Å². The smallest absolute Gasteiger partial charge is 0.231 e. The molecule has 7 heteroatoms. The fraction of sp³-hybridized carbons (Fsp3) is 0.615. The lowest BCUT2D eigenvalue weighted by Crippen LogP contribution is -2.30. The van der Waals surface area contributed by atoms with Crippen molar-refractivity contribution in [2.45, 2.75) is 20.3 Å². The molecule has 0 spiro atoms. The van der Waals surface area contributed by atoms with Gasteiger partial charge in [0, 0.05) is 31.5 Å². The molecule has 0 aliphatic carbocycles. The van der Waals surface area contributed by atoms with Crippen molar-refractivity contribution in [1.82, 2.24) is 9.88 Å². The van der Waals surface area contributed by atoms with E-state index in [2.05, 4.69) is 10.3 Å². The summed E-state index contributed by atoms with van der Waals surface area (Å²) in [7, 11) is 1.60. The highest BCUT2D eigenvalue weighted by atomic mass is 32.1. The van der Waals surface area contributed by atoms with Crippen molar-refractivity contribution in [2.24, 2.45) is 5.92 Å². The average molecular weight is 297 g/mol. The highest BCUT2D eigenvalue weighted by Gasteiger charge is 2.34. The van der Waals surface area contributed by atoms with Gasteiger partial charge in [-0.1, -0.05) is 0 Å². The summed E-state index contributed by atoms with van der Waals surface area (Å²) in [6, 6.07) is 0. The topological polar surface area (TPSA) is 71.5 Å². The predicted octanol–water partition coefficient (Wildman–Crippen LogP) is 1.19. The first kappa shape index (κ1) is 14.9. The first-order valence-electron chi connectivity index (χ1n) is 6.53. The minimum Gasteiger partial charge on any atom is -0.383 e. The minimum absolute atomic E-state index is 0.00806. The number of likely N-dealkylation sites (tertiary alicyclic amines) is 1. The van der Waals surface area contributed by atoms with E-state index in [1.165, 1.54) is 11.3 Å². The van der Waals surface area contributed by atoms with E-state index < -0.39 is 0 Å². The van der Waals surface area contributed by atoms with E-state index in [9.17, 15) is 9.59 Å². The molecule has 110 valence electrons. The number of rotatable bonds is 5. The number of aromatic nitrogens is 1. The molecule has 2 amide bonds. The summed E-state index contributed by atoms with van der Waals surface area (Å²) >= 11 is 1.46. The van der Waals surface area contributed by atoms with E-state index in [4.69, 9.17) is 4.74 Å². The van der Waals surface area contributed by atoms with E-state index >= 15 is 0 Å². The van der Waals surface area contributed by atoms with Gasteiger partial charge >= 0.3 is 0 Å². The van der Waals surface area contributed by atoms with Crippen LogP contribution < -0.4 is 5.32 Å². The van der Waals surface area contributed by atoms with Gasteiger partial charge in [0.25, 0.3) is 0 Å². The summed E-state index contributed by atoms with van der Waals surface area (Å²) in [5, 5.41) is 3.41. The van der Waals surface area contributed by atoms with Crippen LogP contribution in [0, 0.1) is 19.8 Å². The van der Waals surface area contributed by atoms with Crippen LogP contribution in [-0.2, 0) is 14.3 Å². The number of carbonyl (C=O) groups is 2. The van der Waals surface area contributed by atoms with Gasteiger partial charge in [0.2, 0.25) is 11.8 Å². The van der Waals surface area contributed by atoms with Crippen LogP contribution >= 0.6 is 11.3 Å². The number of amides is 2. The van der Waals surface area contributed by atoms with Gasteiger partial charge in [0.05, 0.1) is 18.2 Å². The zero-order valence-electron chi connectivity index (χ0n) is 11.9. The second-order valence-corrected chi connectivity index (χ2v) is 6.09. The molecule has 1 aromatic heterocycles. The van der Waals surface area contributed by atoms with Gasteiger partial charge in [-0.15, -0.1) is 11.3 Å². The summed E-state index contributed by atoms with van der Waals surface area (Å²) < 4.78 is 4.96.